The van der Waals surface area contributed by atoms with Gasteiger partial charge < -0.3 is 19.7 Å². The summed E-state index contributed by atoms with van der Waals surface area (Å²) in [5, 5.41) is 11.6. The van der Waals surface area contributed by atoms with Crippen molar-refractivity contribution in [3.63, 3.8) is 0 Å². The number of benzene rings is 2. The number of amides is 2. The normalized spacial score (nSPS) is 11.5. The molecule has 0 saturated carbocycles. The van der Waals surface area contributed by atoms with Crippen LogP contribution in [0.25, 0.3) is 0 Å². The second-order valence-electron chi connectivity index (χ2n) is 5.70. The van der Waals surface area contributed by atoms with Gasteiger partial charge in [0, 0.05) is 37.3 Å². The highest BCUT2D eigenvalue weighted by Gasteiger charge is 2.16. The summed E-state index contributed by atoms with van der Waals surface area (Å²) in [7, 11) is 0. The third kappa shape index (κ3) is 3.92. The van der Waals surface area contributed by atoms with Crippen LogP contribution >= 0.6 is 0 Å². The molecule has 0 bridgehead atoms. The van der Waals surface area contributed by atoms with E-state index in [1.54, 1.807) is 42.5 Å². The Morgan fingerprint density at radius 3 is 2.58 bits per heavy atom. The van der Waals surface area contributed by atoms with E-state index in [9.17, 15) is 9.59 Å². The van der Waals surface area contributed by atoms with E-state index < -0.39 is 0 Å². The first-order valence-electron chi connectivity index (χ1n) is 8.04. The number of nitriles is 1. The van der Waals surface area contributed by atoms with Gasteiger partial charge in [-0.25, -0.2) is 0 Å². The fourth-order valence-corrected chi connectivity index (χ4v) is 2.60. The Morgan fingerprint density at radius 1 is 1.15 bits per heavy atom. The number of fused-ring (bicyclic) bond motifs is 1. The molecule has 1 N–H and O–H groups in total. The van der Waals surface area contributed by atoms with Gasteiger partial charge in [0.1, 0.15) is 0 Å². The van der Waals surface area contributed by atoms with Gasteiger partial charge in [0.05, 0.1) is 11.6 Å². The molecule has 1 heterocycles. The second kappa shape index (κ2) is 7.57. The van der Waals surface area contributed by atoms with Crippen LogP contribution in [-0.4, -0.2) is 25.2 Å². The lowest BCUT2D eigenvalue weighted by molar-refractivity contribution is -0.117. The predicted octanol–water partition coefficient (Wildman–Crippen LogP) is 2.67. The number of carbonyl (C=O) groups excluding carboxylic acids is 2. The van der Waals surface area contributed by atoms with Crippen molar-refractivity contribution in [1.82, 2.24) is 0 Å². The number of nitrogens with one attached hydrogen (secondary N) is 1. The van der Waals surface area contributed by atoms with Crippen molar-refractivity contribution >= 4 is 23.2 Å². The Kier molecular flexibility index (Phi) is 5.04. The predicted molar refractivity (Wildman–Crippen MR) is 95.0 cm³/mol. The van der Waals surface area contributed by atoms with Crippen LogP contribution in [-0.2, 0) is 9.59 Å². The molecule has 2 aromatic rings. The zero-order valence-corrected chi connectivity index (χ0v) is 14.2. The van der Waals surface area contributed by atoms with Gasteiger partial charge >= 0.3 is 0 Å². The van der Waals surface area contributed by atoms with Gasteiger partial charge in [-0.1, -0.05) is 0 Å². The van der Waals surface area contributed by atoms with Crippen molar-refractivity contribution in [2.75, 3.05) is 23.6 Å². The fraction of sp³-hybridized carbons (Fsp3) is 0.211. The first-order chi connectivity index (χ1) is 12.6. The van der Waals surface area contributed by atoms with E-state index in [1.807, 2.05) is 6.07 Å². The number of hydrogen-bond donors (Lipinski definition) is 1. The van der Waals surface area contributed by atoms with Crippen molar-refractivity contribution in [1.29, 1.82) is 5.26 Å². The highest BCUT2D eigenvalue weighted by molar-refractivity contribution is 5.95. The van der Waals surface area contributed by atoms with E-state index in [1.165, 1.54) is 11.8 Å². The van der Waals surface area contributed by atoms with Crippen LogP contribution in [0.4, 0.5) is 11.4 Å². The van der Waals surface area contributed by atoms with Gasteiger partial charge in [0.25, 0.3) is 0 Å². The smallest absolute Gasteiger partial charge is 0.231 e. The van der Waals surface area contributed by atoms with Crippen LogP contribution in [0.5, 0.6) is 11.5 Å². The molecule has 7 heteroatoms. The zero-order valence-electron chi connectivity index (χ0n) is 14.2. The van der Waals surface area contributed by atoms with Crippen molar-refractivity contribution in [3.8, 4) is 17.6 Å². The summed E-state index contributed by atoms with van der Waals surface area (Å²) < 4.78 is 10.5. The quantitative estimate of drug-likeness (QED) is 0.894. The first-order valence-corrected chi connectivity index (χ1v) is 8.04. The van der Waals surface area contributed by atoms with Crippen LogP contribution in [0.1, 0.15) is 18.9 Å². The molecule has 1 aliphatic heterocycles. The van der Waals surface area contributed by atoms with Gasteiger partial charge in [-0.2, -0.15) is 5.26 Å². The molecule has 3 rings (SSSR count). The minimum absolute atomic E-state index is 0.133. The van der Waals surface area contributed by atoms with Crippen LogP contribution in [0.3, 0.4) is 0 Å². The maximum absolute atomic E-state index is 12.2. The molecule has 132 valence electrons. The summed E-state index contributed by atoms with van der Waals surface area (Å²) in [6, 6.07) is 13.8. The lowest BCUT2D eigenvalue weighted by Gasteiger charge is -2.21. The number of carbonyl (C=O) groups is 2. The Balaban J connectivity index is 1.60. The summed E-state index contributed by atoms with van der Waals surface area (Å²) >= 11 is 0. The molecule has 1 aliphatic rings. The molecular weight excluding hydrogens is 334 g/mol. The highest BCUT2D eigenvalue weighted by atomic mass is 16.7. The van der Waals surface area contributed by atoms with Gasteiger partial charge in [0.2, 0.25) is 18.6 Å². The van der Waals surface area contributed by atoms with Crippen LogP contribution in [0, 0.1) is 11.3 Å². The monoisotopic (exact) mass is 351 g/mol. The molecule has 0 aromatic heterocycles. The number of nitrogens with zero attached hydrogens (tertiary/aromatic N) is 2. The standard InChI is InChI=1S/C19H17N3O4/c1-13(23)22(16-5-2-14(11-20)3-6-16)9-8-19(24)21-15-4-7-17-18(10-15)26-12-25-17/h2-7,10H,8-9,12H2,1H3,(H,21,24). The molecule has 0 saturated heterocycles. The Bertz CT molecular complexity index is 871. The topological polar surface area (TPSA) is 91.7 Å². The first kappa shape index (κ1) is 17.3. The zero-order chi connectivity index (χ0) is 18.5. The molecule has 0 radical (unpaired) electrons. The van der Waals surface area contributed by atoms with E-state index in [0.29, 0.717) is 28.4 Å². The fourth-order valence-electron chi connectivity index (χ4n) is 2.60. The lowest BCUT2D eigenvalue weighted by atomic mass is 10.2. The van der Waals surface area contributed by atoms with Crippen LogP contribution in [0.2, 0.25) is 0 Å². The summed E-state index contributed by atoms with van der Waals surface area (Å²) in [4.78, 5) is 25.6. The Hall–Kier alpha value is -3.53. The van der Waals surface area contributed by atoms with Crippen molar-refractivity contribution in [3.05, 3.63) is 48.0 Å². The molecule has 0 fully saturated rings. The largest absolute Gasteiger partial charge is 0.454 e. The molecular formula is C19H17N3O4. The van der Waals surface area contributed by atoms with Gasteiger partial charge in [-0.3, -0.25) is 9.59 Å². The van der Waals surface area contributed by atoms with Gasteiger partial charge in [-0.05, 0) is 36.4 Å². The Labute approximate surface area is 150 Å². The number of hydrogen-bond acceptors (Lipinski definition) is 5. The maximum Gasteiger partial charge on any atom is 0.231 e. The van der Waals surface area contributed by atoms with E-state index in [0.717, 1.165) is 0 Å². The Morgan fingerprint density at radius 2 is 1.88 bits per heavy atom. The van der Waals surface area contributed by atoms with E-state index >= 15 is 0 Å². The van der Waals surface area contributed by atoms with Crippen molar-refractivity contribution < 1.29 is 19.1 Å². The summed E-state index contributed by atoms with van der Waals surface area (Å²) in [6.07, 6.45) is 0.133. The van der Waals surface area contributed by atoms with Crippen molar-refractivity contribution in [2.24, 2.45) is 0 Å². The SMILES string of the molecule is CC(=O)N(CCC(=O)Nc1ccc2c(c1)OCO2)c1ccc(C#N)cc1. The summed E-state index contributed by atoms with van der Waals surface area (Å²) in [5.74, 6) is 0.840. The average Bonchev–Trinajstić information content (AvgIpc) is 3.10. The third-order valence-corrected chi connectivity index (χ3v) is 3.91. The summed E-state index contributed by atoms with van der Waals surface area (Å²) in [5.41, 5.74) is 1.76. The van der Waals surface area contributed by atoms with Crippen LogP contribution < -0.4 is 19.7 Å². The molecule has 0 atom stereocenters. The number of anilines is 2. The van der Waals surface area contributed by atoms with E-state index in [4.69, 9.17) is 14.7 Å². The minimum atomic E-state index is -0.219. The molecule has 0 unspecified atom stereocenters. The molecule has 0 aliphatic carbocycles. The van der Waals surface area contributed by atoms with E-state index in [2.05, 4.69) is 5.32 Å². The number of ether oxygens (including phenoxy) is 2. The lowest BCUT2D eigenvalue weighted by Crippen LogP contribution is -2.31. The van der Waals surface area contributed by atoms with Gasteiger partial charge in [-0.15, -0.1) is 0 Å². The maximum atomic E-state index is 12.2. The van der Waals surface area contributed by atoms with Gasteiger partial charge in [0.15, 0.2) is 11.5 Å². The average molecular weight is 351 g/mol. The second-order valence-corrected chi connectivity index (χ2v) is 5.70. The minimum Gasteiger partial charge on any atom is -0.454 e. The highest BCUT2D eigenvalue weighted by Crippen LogP contribution is 2.34. The molecule has 26 heavy (non-hydrogen) atoms. The third-order valence-electron chi connectivity index (χ3n) is 3.91. The molecule has 0 spiro atoms. The van der Waals surface area contributed by atoms with E-state index in [-0.39, 0.29) is 31.6 Å². The van der Waals surface area contributed by atoms with Crippen molar-refractivity contribution in [2.45, 2.75) is 13.3 Å². The molecule has 7 nitrogen and oxygen atoms in total. The van der Waals surface area contributed by atoms with Crippen LogP contribution in [0.15, 0.2) is 42.5 Å². The number of rotatable bonds is 5. The molecule has 2 amide bonds. The summed E-state index contributed by atoms with van der Waals surface area (Å²) in [6.45, 7) is 1.84. The molecule has 2 aromatic carbocycles.